The van der Waals surface area contributed by atoms with E-state index in [1.807, 2.05) is 49.4 Å². The van der Waals surface area contributed by atoms with Gasteiger partial charge >= 0.3 is 0 Å². The van der Waals surface area contributed by atoms with E-state index in [-0.39, 0.29) is 5.78 Å². The van der Waals surface area contributed by atoms with Crippen LogP contribution in [0.5, 0.6) is 0 Å². The number of furan rings is 1. The molecule has 0 saturated carbocycles. The highest BCUT2D eigenvalue weighted by molar-refractivity contribution is 6.13. The molecule has 0 N–H and O–H groups in total. The fourth-order valence-electron chi connectivity index (χ4n) is 2.87. The van der Waals surface area contributed by atoms with E-state index in [4.69, 9.17) is 4.42 Å². The zero-order valence-corrected chi connectivity index (χ0v) is 12.8. The number of aryl methyl sites for hydroxylation is 1. The molecule has 0 saturated heterocycles. The van der Waals surface area contributed by atoms with E-state index >= 15 is 0 Å². The Labute approximate surface area is 132 Å². The average molecular weight is 302 g/mol. The molecule has 0 amide bonds. The summed E-state index contributed by atoms with van der Waals surface area (Å²) in [7, 11) is 0. The zero-order valence-electron chi connectivity index (χ0n) is 12.8. The van der Waals surface area contributed by atoms with E-state index < -0.39 is 0 Å². The van der Waals surface area contributed by atoms with Gasteiger partial charge in [-0.1, -0.05) is 30.3 Å². The maximum Gasteiger partial charge on any atom is 0.181 e. The molecule has 0 spiro atoms. The van der Waals surface area contributed by atoms with Crippen LogP contribution in [0.25, 0.3) is 33.2 Å². The maximum absolute atomic E-state index is 11.9. The summed E-state index contributed by atoms with van der Waals surface area (Å²) in [5.74, 6) is -0.112. The molecule has 0 unspecified atom stereocenters. The van der Waals surface area contributed by atoms with Gasteiger partial charge in [-0.15, -0.1) is 0 Å². The standard InChI is InChI=1S/C19H14N2O2/c1-11-10-15-17-18(23-19(15)16(21-11)12(2)22)14(8-9-20-17)13-6-4-3-5-7-13/h3-10H,1-2H3. The summed E-state index contributed by atoms with van der Waals surface area (Å²) in [5.41, 5.74) is 5.09. The lowest BCUT2D eigenvalue weighted by molar-refractivity contribution is 0.101. The molecule has 0 aliphatic heterocycles. The normalized spacial score (nSPS) is 11.2. The number of hydrogen-bond donors (Lipinski definition) is 0. The van der Waals surface area contributed by atoms with Crippen molar-refractivity contribution in [3.8, 4) is 11.1 Å². The van der Waals surface area contributed by atoms with E-state index in [9.17, 15) is 4.79 Å². The fraction of sp³-hybridized carbons (Fsp3) is 0.105. The van der Waals surface area contributed by atoms with Gasteiger partial charge < -0.3 is 4.42 Å². The summed E-state index contributed by atoms with van der Waals surface area (Å²) in [6.07, 6.45) is 1.77. The number of Topliss-reactive ketones (excluding diaryl/α,β-unsaturated/α-hetero) is 1. The minimum atomic E-state index is -0.112. The predicted molar refractivity (Wildman–Crippen MR) is 89.5 cm³/mol. The van der Waals surface area contributed by atoms with Crippen molar-refractivity contribution in [2.24, 2.45) is 0 Å². The van der Waals surface area contributed by atoms with Crippen LogP contribution >= 0.6 is 0 Å². The van der Waals surface area contributed by atoms with Crippen molar-refractivity contribution in [2.45, 2.75) is 13.8 Å². The van der Waals surface area contributed by atoms with E-state index in [1.54, 1.807) is 6.20 Å². The van der Waals surface area contributed by atoms with E-state index in [0.29, 0.717) is 16.9 Å². The summed E-state index contributed by atoms with van der Waals surface area (Å²) >= 11 is 0. The number of hydrogen-bond acceptors (Lipinski definition) is 4. The van der Waals surface area contributed by atoms with Gasteiger partial charge in [-0.05, 0) is 24.6 Å². The molecule has 23 heavy (non-hydrogen) atoms. The summed E-state index contributed by atoms with van der Waals surface area (Å²) < 4.78 is 6.04. The molecule has 3 aromatic heterocycles. The number of nitrogens with zero attached hydrogens (tertiary/aromatic N) is 2. The molecule has 0 atom stereocenters. The van der Waals surface area contributed by atoms with Gasteiger partial charge in [-0.2, -0.15) is 0 Å². The lowest BCUT2D eigenvalue weighted by atomic mass is 10.1. The number of carbonyl (C=O) groups is 1. The molecule has 4 nitrogen and oxygen atoms in total. The Morgan fingerprint density at radius 3 is 2.61 bits per heavy atom. The molecule has 4 rings (SSSR count). The van der Waals surface area contributed by atoms with Crippen LogP contribution in [0.2, 0.25) is 0 Å². The van der Waals surface area contributed by atoms with Gasteiger partial charge in [0.25, 0.3) is 0 Å². The SMILES string of the molecule is CC(=O)c1nc(C)cc2c1oc1c(-c3ccccc3)ccnc12. The van der Waals surface area contributed by atoms with Gasteiger partial charge in [-0.25, -0.2) is 4.98 Å². The Hall–Kier alpha value is -3.01. The van der Waals surface area contributed by atoms with Crippen LogP contribution in [0.3, 0.4) is 0 Å². The van der Waals surface area contributed by atoms with Gasteiger partial charge in [0.1, 0.15) is 11.2 Å². The number of benzene rings is 1. The third kappa shape index (κ3) is 2.11. The molecule has 4 aromatic rings. The Morgan fingerprint density at radius 1 is 1.09 bits per heavy atom. The lowest BCUT2D eigenvalue weighted by Gasteiger charge is -2.01. The third-order valence-electron chi connectivity index (χ3n) is 3.88. The minimum absolute atomic E-state index is 0.112. The van der Waals surface area contributed by atoms with Crippen molar-refractivity contribution in [1.29, 1.82) is 0 Å². The third-order valence-corrected chi connectivity index (χ3v) is 3.88. The molecule has 0 bridgehead atoms. The molecule has 1 aromatic carbocycles. The maximum atomic E-state index is 11.9. The number of fused-ring (bicyclic) bond motifs is 3. The number of rotatable bonds is 2. The first-order chi connectivity index (χ1) is 11.1. The first kappa shape index (κ1) is 13.6. The van der Waals surface area contributed by atoms with Gasteiger partial charge in [0.05, 0.1) is 5.39 Å². The second-order valence-corrected chi connectivity index (χ2v) is 5.55. The largest absolute Gasteiger partial charge is 0.451 e. The highest BCUT2D eigenvalue weighted by Gasteiger charge is 2.19. The van der Waals surface area contributed by atoms with Gasteiger partial charge in [-0.3, -0.25) is 9.78 Å². The zero-order chi connectivity index (χ0) is 16.0. The van der Waals surface area contributed by atoms with Gasteiger partial charge in [0, 0.05) is 24.4 Å². The Kier molecular flexibility index (Phi) is 2.98. The molecule has 4 heteroatoms. The van der Waals surface area contributed by atoms with Crippen LogP contribution in [0, 0.1) is 6.92 Å². The quantitative estimate of drug-likeness (QED) is 0.510. The lowest BCUT2D eigenvalue weighted by Crippen LogP contribution is -1.98. The molecule has 112 valence electrons. The van der Waals surface area contributed by atoms with Crippen molar-refractivity contribution < 1.29 is 9.21 Å². The van der Waals surface area contributed by atoms with Crippen LogP contribution in [0.1, 0.15) is 23.1 Å². The molecule has 0 aliphatic rings. The van der Waals surface area contributed by atoms with Crippen molar-refractivity contribution in [3.63, 3.8) is 0 Å². The Morgan fingerprint density at radius 2 is 1.87 bits per heavy atom. The Bertz CT molecular complexity index is 1050. The first-order valence-electron chi connectivity index (χ1n) is 7.40. The summed E-state index contributed by atoms with van der Waals surface area (Å²) in [6.45, 7) is 3.37. The number of pyridine rings is 2. The molecular weight excluding hydrogens is 288 g/mol. The van der Waals surface area contributed by atoms with Crippen molar-refractivity contribution >= 4 is 27.9 Å². The molecule has 0 radical (unpaired) electrons. The van der Waals surface area contributed by atoms with Crippen LogP contribution in [0.4, 0.5) is 0 Å². The van der Waals surface area contributed by atoms with Crippen molar-refractivity contribution in [1.82, 2.24) is 9.97 Å². The highest BCUT2D eigenvalue weighted by atomic mass is 16.3. The smallest absolute Gasteiger partial charge is 0.181 e. The minimum Gasteiger partial charge on any atom is -0.451 e. The van der Waals surface area contributed by atoms with E-state index in [1.165, 1.54) is 6.92 Å². The summed E-state index contributed by atoms with van der Waals surface area (Å²) in [5, 5.41) is 0.829. The first-order valence-corrected chi connectivity index (χ1v) is 7.40. The van der Waals surface area contributed by atoms with Crippen LogP contribution in [-0.2, 0) is 0 Å². The summed E-state index contributed by atoms with van der Waals surface area (Å²) in [6, 6.07) is 13.8. The predicted octanol–water partition coefficient (Wildman–Crippen LogP) is 4.55. The van der Waals surface area contributed by atoms with Crippen LogP contribution in [0.15, 0.2) is 53.1 Å². The van der Waals surface area contributed by atoms with E-state index in [2.05, 4.69) is 9.97 Å². The Balaban J connectivity index is 2.14. The van der Waals surface area contributed by atoms with Crippen molar-refractivity contribution in [3.05, 3.63) is 60.0 Å². The van der Waals surface area contributed by atoms with Crippen molar-refractivity contribution in [2.75, 3.05) is 0 Å². The van der Waals surface area contributed by atoms with Crippen LogP contribution in [-0.4, -0.2) is 15.8 Å². The van der Waals surface area contributed by atoms with Crippen LogP contribution < -0.4 is 0 Å². The van der Waals surface area contributed by atoms with E-state index in [0.717, 1.165) is 27.7 Å². The monoisotopic (exact) mass is 302 g/mol. The number of aromatic nitrogens is 2. The van der Waals surface area contributed by atoms with Gasteiger partial charge in [0.15, 0.2) is 16.9 Å². The average Bonchev–Trinajstić information content (AvgIpc) is 2.93. The molecule has 0 aliphatic carbocycles. The topological polar surface area (TPSA) is 56.0 Å². The highest BCUT2D eigenvalue weighted by Crippen LogP contribution is 2.35. The molecular formula is C19H14N2O2. The molecule has 0 fully saturated rings. The number of carbonyl (C=O) groups excluding carboxylic acids is 1. The van der Waals surface area contributed by atoms with Gasteiger partial charge in [0.2, 0.25) is 0 Å². The second-order valence-electron chi connectivity index (χ2n) is 5.55. The molecule has 3 heterocycles. The number of ketones is 1. The summed E-state index contributed by atoms with van der Waals surface area (Å²) in [4.78, 5) is 20.7. The fourth-order valence-corrected chi connectivity index (χ4v) is 2.87. The second kappa shape index (κ2) is 5.02.